The van der Waals surface area contributed by atoms with Crippen LogP contribution in [0.1, 0.15) is 63.9 Å². The Balaban J connectivity index is 1.45. The molecule has 1 aliphatic heterocycles. The van der Waals surface area contributed by atoms with E-state index in [2.05, 4.69) is 20.9 Å². The topological polar surface area (TPSA) is 111 Å². The smallest absolute Gasteiger partial charge is 0.327 e. The summed E-state index contributed by atoms with van der Waals surface area (Å²) in [6, 6.07) is 2.00. The number of piperazine rings is 1. The maximum atomic E-state index is 15.2. The van der Waals surface area contributed by atoms with Crippen molar-refractivity contribution in [1.82, 2.24) is 20.4 Å². The molecule has 3 fully saturated rings. The number of nitrogens with zero attached hydrogens (tertiary/aromatic N) is 2. The minimum absolute atomic E-state index is 0.0546. The third-order valence-electron chi connectivity index (χ3n) is 8.58. The van der Waals surface area contributed by atoms with Crippen LogP contribution in [0.15, 0.2) is 18.2 Å². The summed E-state index contributed by atoms with van der Waals surface area (Å²) in [5, 5.41) is 7.52. The Hall–Kier alpha value is -3.15. The van der Waals surface area contributed by atoms with Crippen LogP contribution in [0.3, 0.4) is 0 Å². The molecule has 42 heavy (non-hydrogen) atoms. The molecule has 0 unspecified atom stereocenters. The number of benzene rings is 1. The van der Waals surface area contributed by atoms with Gasteiger partial charge in [-0.15, -0.1) is 0 Å². The first kappa shape index (κ1) is 31.8. The lowest BCUT2D eigenvalue weighted by molar-refractivity contribution is -0.151. The third-order valence-corrected chi connectivity index (χ3v) is 8.58. The summed E-state index contributed by atoms with van der Waals surface area (Å²) in [7, 11) is 1.97. The lowest BCUT2D eigenvalue weighted by Gasteiger charge is -2.34. The minimum atomic E-state index is -3.55. The Morgan fingerprint density at radius 2 is 1.64 bits per heavy atom. The minimum Gasteiger partial charge on any atom is -0.344 e. The molecular formula is C30H42F3N5O4. The normalized spacial score (nSPS) is 20.0. The van der Waals surface area contributed by atoms with Crippen molar-refractivity contribution in [1.29, 1.82) is 0 Å². The number of anilines is 1. The van der Waals surface area contributed by atoms with Crippen LogP contribution >= 0.6 is 0 Å². The quantitative estimate of drug-likeness (QED) is 0.365. The van der Waals surface area contributed by atoms with Crippen molar-refractivity contribution in [3.63, 3.8) is 0 Å². The van der Waals surface area contributed by atoms with E-state index in [1.165, 1.54) is 12.1 Å². The van der Waals surface area contributed by atoms with Crippen LogP contribution in [0.2, 0.25) is 0 Å². The summed E-state index contributed by atoms with van der Waals surface area (Å²) < 4.78 is 44.2. The number of carbonyl (C=O) groups is 4. The van der Waals surface area contributed by atoms with Gasteiger partial charge in [-0.3, -0.25) is 19.2 Å². The molecule has 2 atom stereocenters. The molecule has 0 radical (unpaired) electrons. The predicted octanol–water partition coefficient (Wildman–Crippen LogP) is 3.09. The van der Waals surface area contributed by atoms with E-state index < -0.39 is 41.6 Å². The Bertz CT molecular complexity index is 1150. The lowest BCUT2D eigenvalue weighted by Crippen LogP contribution is -2.54. The van der Waals surface area contributed by atoms with Gasteiger partial charge in [0.2, 0.25) is 17.7 Å². The Morgan fingerprint density at radius 1 is 0.976 bits per heavy atom. The van der Waals surface area contributed by atoms with Crippen LogP contribution < -0.4 is 16.0 Å². The fraction of sp³-hybridized carbons (Fsp3) is 0.667. The Kier molecular flexibility index (Phi) is 10.5. The number of nitrogens with one attached hydrogen (secondary N) is 3. The van der Waals surface area contributed by atoms with E-state index >= 15 is 4.39 Å². The standard InChI is InChI=1S/C30H42F3N5O4/c1-3-25(39)34-24(28(41)38-15-13-37(2)14-16-38)18-19-9-12-23(22(31)17-19)35-27(40)26(20-7-5-4-6-8-20)36-29(42)30(32,33)21-10-11-21/h9,12,17,20-21,24,26H,3-8,10-11,13-16,18H2,1-2H3,(H,34,39)(H,35,40)(H,36,42)/t24-,26+/m1/s1. The highest BCUT2D eigenvalue weighted by Gasteiger charge is 2.53. The van der Waals surface area contributed by atoms with Crippen LogP contribution in [0.25, 0.3) is 0 Å². The molecule has 232 valence electrons. The van der Waals surface area contributed by atoms with Crippen molar-refractivity contribution in [2.75, 3.05) is 38.5 Å². The fourth-order valence-corrected chi connectivity index (χ4v) is 5.71. The number of rotatable bonds is 11. The van der Waals surface area contributed by atoms with Gasteiger partial charge in [-0.2, -0.15) is 8.78 Å². The highest BCUT2D eigenvalue weighted by Crippen LogP contribution is 2.43. The molecule has 0 bridgehead atoms. The number of alkyl halides is 2. The van der Waals surface area contributed by atoms with Gasteiger partial charge in [0, 0.05) is 44.9 Å². The van der Waals surface area contributed by atoms with E-state index in [-0.39, 0.29) is 49.1 Å². The van der Waals surface area contributed by atoms with Gasteiger partial charge in [-0.1, -0.05) is 32.3 Å². The van der Waals surface area contributed by atoms with E-state index in [0.717, 1.165) is 19.3 Å². The van der Waals surface area contributed by atoms with Gasteiger partial charge in [0.05, 0.1) is 5.69 Å². The summed E-state index contributed by atoms with van der Waals surface area (Å²) in [5.74, 6) is -8.40. The second kappa shape index (κ2) is 13.9. The lowest BCUT2D eigenvalue weighted by atomic mass is 9.83. The van der Waals surface area contributed by atoms with Crippen molar-refractivity contribution in [2.24, 2.45) is 11.8 Å². The molecule has 1 saturated heterocycles. The summed E-state index contributed by atoms with van der Waals surface area (Å²) in [4.78, 5) is 55.0. The van der Waals surface area contributed by atoms with Gasteiger partial charge in [-0.25, -0.2) is 4.39 Å². The second-order valence-corrected chi connectivity index (χ2v) is 11.9. The molecule has 0 spiro atoms. The first-order chi connectivity index (χ1) is 20.0. The first-order valence-corrected chi connectivity index (χ1v) is 15.0. The average molecular weight is 594 g/mol. The molecule has 9 nitrogen and oxygen atoms in total. The number of hydrogen-bond acceptors (Lipinski definition) is 5. The van der Waals surface area contributed by atoms with Gasteiger partial charge < -0.3 is 25.8 Å². The van der Waals surface area contributed by atoms with Crippen molar-refractivity contribution in [2.45, 2.75) is 82.7 Å². The van der Waals surface area contributed by atoms with Crippen molar-refractivity contribution < 1.29 is 32.3 Å². The Morgan fingerprint density at radius 3 is 2.24 bits per heavy atom. The Labute approximate surface area is 244 Å². The van der Waals surface area contributed by atoms with Gasteiger partial charge in [-0.05, 0) is 56.3 Å². The number of hydrogen-bond donors (Lipinski definition) is 3. The predicted molar refractivity (Wildman–Crippen MR) is 151 cm³/mol. The molecule has 0 aromatic heterocycles. The maximum Gasteiger partial charge on any atom is 0.327 e. The van der Waals surface area contributed by atoms with Gasteiger partial charge in [0.15, 0.2) is 0 Å². The molecule has 4 rings (SSSR count). The largest absolute Gasteiger partial charge is 0.344 e. The number of halogens is 3. The van der Waals surface area contributed by atoms with Crippen LogP contribution in [-0.4, -0.2) is 84.7 Å². The fourth-order valence-electron chi connectivity index (χ4n) is 5.71. The van der Waals surface area contributed by atoms with E-state index in [0.29, 0.717) is 44.6 Å². The van der Waals surface area contributed by atoms with Gasteiger partial charge in [0.1, 0.15) is 17.9 Å². The maximum absolute atomic E-state index is 15.2. The highest BCUT2D eigenvalue weighted by molar-refractivity contribution is 5.98. The molecule has 1 aromatic rings. The molecule has 3 aliphatic rings. The van der Waals surface area contributed by atoms with E-state index in [9.17, 15) is 28.0 Å². The molecular weight excluding hydrogens is 551 g/mol. The SMILES string of the molecule is CCC(=O)N[C@H](Cc1ccc(NC(=O)[C@@H](NC(=O)C(F)(F)C2CC2)C2CCCCC2)c(F)c1)C(=O)N1CCN(C)CC1. The molecule has 3 N–H and O–H groups in total. The zero-order chi connectivity index (χ0) is 30.4. The summed E-state index contributed by atoms with van der Waals surface area (Å²) in [6.45, 7) is 4.16. The monoisotopic (exact) mass is 593 g/mol. The molecule has 12 heteroatoms. The summed E-state index contributed by atoms with van der Waals surface area (Å²) in [6.07, 6.45) is 4.57. The summed E-state index contributed by atoms with van der Waals surface area (Å²) in [5.41, 5.74) is 0.280. The first-order valence-electron chi connectivity index (χ1n) is 15.0. The van der Waals surface area contributed by atoms with Crippen LogP contribution in [0.4, 0.5) is 18.9 Å². The van der Waals surface area contributed by atoms with Crippen LogP contribution in [-0.2, 0) is 25.6 Å². The zero-order valence-corrected chi connectivity index (χ0v) is 24.4. The van der Waals surface area contributed by atoms with Crippen molar-refractivity contribution >= 4 is 29.3 Å². The number of likely N-dealkylation sites (N-methyl/N-ethyl adjacent to an activating group) is 1. The molecule has 1 aromatic carbocycles. The van der Waals surface area contributed by atoms with E-state index in [4.69, 9.17) is 0 Å². The van der Waals surface area contributed by atoms with Gasteiger partial charge >= 0.3 is 5.92 Å². The van der Waals surface area contributed by atoms with Crippen LogP contribution in [0, 0.1) is 17.7 Å². The average Bonchev–Trinajstić information content (AvgIpc) is 3.83. The zero-order valence-electron chi connectivity index (χ0n) is 24.4. The second-order valence-electron chi connectivity index (χ2n) is 11.9. The summed E-state index contributed by atoms with van der Waals surface area (Å²) >= 11 is 0. The van der Waals surface area contributed by atoms with Crippen molar-refractivity contribution in [3.05, 3.63) is 29.6 Å². The third kappa shape index (κ3) is 8.02. The molecule has 2 aliphatic carbocycles. The molecule has 1 heterocycles. The molecule has 2 saturated carbocycles. The van der Waals surface area contributed by atoms with Gasteiger partial charge in [0.25, 0.3) is 5.91 Å². The number of amides is 4. The number of carbonyl (C=O) groups excluding carboxylic acids is 4. The van der Waals surface area contributed by atoms with Crippen LogP contribution in [0.5, 0.6) is 0 Å². The highest BCUT2D eigenvalue weighted by atomic mass is 19.3. The molecule has 4 amide bonds. The van der Waals surface area contributed by atoms with E-state index in [1.807, 2.05) is 7.05 Å². The van der Waals surface area contributed by atoms with Crippen molar-refractivity contribution in [3.8, 4) is 0 Å². The van der Waals surface area contributed by atoms with E-state index in [1.54, 1.807) is 17.9 Å².